The van der Waals surface area contributed by atoms with Gasteiger partial charge in [-0.15, -0.1) is 0 Å². The van der Waals surface area contributed by atoms with Crippen molar-refractivity contribution < 1.29 is 9.84 Å². The number of ether oxygens (including phenoxy) is 1. The molecule has 0 fully saturated rings. The van der Waals surface area contributed by atoms with Gasteiger partial charge in [-0.05, 0) is 53.5 Å². The second-order valence-electron chi connectivity index (χ2n) is 6.72. The van der Waals surface area contributed by atoms with Gasteiger partial charge >= 0.3 is 0 Å². The number of methoxy groups -OCH3 is 1. The molecule has 1 aromatic rings. The topological polar surface area (TPSA) is 29.5 Å². The smallest absolute Gasteiger partial charge is 0.119 e. The van der Waals surface area contributed by atoms with E-state index in [0.29, 0.717) is 17.6 Å². The highest BCUT2D eigenvalue weighted by Gasteiger charge is 2.47. The zero-order chi connectivity index (χ0) is 14.5. The molecular weight excluding hydrogens is 248 g/mol. The van der Waals surface area contributed by atoms with E-state index in [1.54, 1.807) is 7.11 Å². The molecule has 1 N–H and O–H groups in total. The third-order valence-electron chi connectivity index (χ3n) is 5.92. The summed E-state index contributed by atoms with van der Waals surface area (Å²) >= 11 is 0. The minimum atomic E-state index is 0.243. The van der Waals surface area contributed by atoms with Gasteiger partial charge in [0.05, 0.1) is 12.9 Å². The maximum absolute atomic E-state index is 10.3. The van der Waals surface area contributed by atoms with Crippen molar-refractivity contribution in [3.05, 3.63) is 41.2 Å². The SMILES string of the molecule is COc1ccc2c(c1)CCC1(C)C2C=C(O)C(C)C1C. The number of aliphatic hydroxyl groups is 1. The predicted molar refractivity (Wildman–Crippen MR) is 81.2 cm³/mol. The number of rotatable bonds is 1. The van der Waals surface area contributed by atoms with Crippen molar-refractivity contribution in [2.75, 3.05) is 7.11 Å². The van der Waals surface area contributed by atoms with Gasteiger partial charge in [0.2, 0.25) is 0 Å². The normalized spacial score (nSPS) is 35.8. The second kappa shape index (κ2) is 4.54. The van der Waals surface area contributed by atoms with E-state index in [1.807, 2.05) is 6.07 Å². The largest absolute Gasteiger partial charge is 0.512 e. The molecule has 0 saturated carbocycles. The Bertz CT molecular complexity index is 561. The van der Waals surface area contributed by atoms with Gasteiger partial charge in [-0.1, -0.05) is 26.8 Å². The van der Waals surface area contributed by atoms with Crippen molar-refractivity contribution in [2.24, 2.45) is 17.3 Å². The molecule has 20 heavy (non-hydrogen) atoms. The lowest BCUT2D eigenvalue weighted by Crippen LogP contribution is -2.42. The van der Waals surface area contributed by atoms with Gasteiger partial charge in [-0.2, -0.15) is 0 Å². The molecule has 0 aliphatic heterocycles. The van der Waals surface area contributed by atoms with Crippen LogP contribution in [0.1, 0.15) is 44.2 Å². The Morgan fingerprint density at radius 2 is 2.05 bits per heavy atom. The molecule has 0 amide bonds. The molecule has 4 atom stereocenters. The van der Waals surface area contributed by atoms with Crippen molar-refractivity contribution in [1.29, 1.82) is 0 Å². The third kappa shape index (κ3) is 1.77. The first-order chi connectivity index (χ1) is 9.47. The van der Waals surface area contributed by atoms with Gasteiger partial charge in [0, 0.05) is 11.8 Å². The molecule has 0 saturated heterocycles. The fraction of sp³-hybridized carbons (Fsp3) is 0.556. The van der Waals surface area contributed by atoms with E-state index in [4.69, 9.17) is 4.74 Å². The monoisotopic (exact) mass is 272 g/mol. The van der Waals surface area contributed by atoms with E-state index in [9.17, 15) is 5.11 Å². The third-order valence-corrected chi connectivity index (χ3v) is 5.92. The number of fused-ring (bicyclic) bond motifs is 3. The van der Waals surface area contributed by atoms with Gasteiger partial charge in [0.1, 0.15) is 5.75 Å². The Morgan fingerprint density at radius 1 is 1.30 bits per heavy atom. The molecule has 0 spiro atoms. The molecule has 0 bridgehead atoms. The first-order valence-corrected chi connectivity index (χ1v) is 7.55. The minimum absolute atomic E-state index is 0.243. The van der Waals surface area contributed by atoms with E-state index in [-0.39, 0.29) is 11.3 Å². The summed E-state index contributed by atoms with van der Waals surface area (Å²) < 4.78 is 5.34. The van der Waals surface area contributed by atoms with E-state index in [2.05, 4.69) is 39.0 Å². The van der Waals surface area contributed by atoms with Crippen LogP contribution in [0.25, 0.3) is 0 Å². The van der Waals surface area contributed by atoms with Crippen molar-refractivity contribution >= 4 is 0 Å². The standard InChI is InChI=1S/C18H24O2/c1-11-12(2)18(3)8-7-13-9-14(20-4)5-6-15(13)16(18)10-17(11)19/h5-6,9-12,16,19H,7-8H2,1-4H3. The van der Waals surface area contributed by atoms with E-state index < -0.39 is 0 Å². The van der Waals surface area contributed by atoms with E-state index in [0.717, 1.165) is 12.2 Å². The van der Waals surface area contributed by atoms with E-state index >= 15 is 0 Å². The number of hydrogen-bond donors (Lipinski definition) is 1. The van der Waals surface area contributed by atoms with Gasteiger partial charge in [-0.3, -0.25) is 0 Å². The van der Waals surface area contributed by atoms with Crippen LogP contribution in [0.2, 0.25) is 0 Å². The number of hydrogen-bond acceptors (Lipinski definition) is 2. The van der Waals surface area contributed by atoms with Crippen LogP contribution in [0.3, 0.4) is 0 Å². The van der Waals surface area contributed by atoms with Crippen LogP contribution in [-0.4, -0.2) is 12.2 Å². The minimum Gasteiger partial charge on any atom is -0.512 e. The van der Waals surface area contributed by atoms with Gasteiger partial charge in [0.15, 0.2) is 0 Å². The highest BCUT2D eigenvalue weighted by atomic mass is 16.5. The van der Waals surface area contributed by atoms with Crippen molar-refractivity contribution in [2.45, 2.75) is 39.5 Å². The quantitative estimate of drug-likeness (QED) is 0.818. The maximum Gasteiger partial charge on any atom is 0.119 e. The molecule has 4 unspecified atom stereocenters. The lowest BCUT2D eigenvalue weighted by Gasteiger charge is -2.50. The average molecular weight is 272 g/mol. The molecule has 2 aliphatic carbocycles. The van der Waals surface area contributed by atoms with Crippen molar-refractivity contribution in [1.82, 2.24) is 0 Å². The molecule has 1 aromatic carbocycles. The maximum atomic E-state index is 10.3. The highest BCUT2D eigenvalue weighted by Crippen LogP contribution is 2.56. The first-order valence-electron chi connectivity index (χ1n) is 7.55. The highest BCUT2D eigenvalue weighted by molar-refractivity contribution is 5.44. The summed E-state index contributed by atoms with van der Waals surface area (Å²) in [7, 11) is 1.71. The fourth-order valence-corrected chi connectivity index (χ4v) is 4.08. The van der Waals surface area contributed by atoms with Gasteiger partial charge < -0.3 is 9.84 Å². The number of aryl methyl sites for hydroxylation is 1. The summed E-state index contributed by atoms with van der Waals surface area (Å²) in [5.41, 5.74) is 2.98. The fourth-order valence-electron chi connectivity index (χ4n) is 4.08. The van der Waals surface area contributed by atoms with Crippen LogP contribution in [0, 0.1) is 17.3 Å². The summed E-state index contributed by atoms with van der Waals surface area (Å²) in [6, 6.07) is 6.38. The molecule has 108 valence electrons. The summed E-state index contributed by atoms with van der Waals surface area (Å²) in [5.74, 6) is 2.56. The average Bonchev–Trinajstić information content (AvgIpc) is 2.46. The molecule has 0 aromatic heterocycles. The van der Waals surface area contributed by atoms with Gasteiger partial charge in [0.25, 0.3) is 0 Å². The molecule has 2 nitrogen and oxygen atoms in total. The lowest BCUT2D eigenvalue weighted by atomic mass is 9.54. The Hall–Kier alpha value is -1.44. The second-order valence-corrected chi connectivity index (χ2v) is 6.72. The summed E-state index contributed by atoms with van der Waals surface area (Å²) in [6.45, 7) is 6.81. The predicted octanol–water partition coefficient (Wildman–Crippen LogP) is 4.46. The van der Waals surface area contributed by atoms with Crippen molar-refractivity contribution in [3.63, 3.8) is 0 Å². The van der Waals surface area contributed by atoms with Gasteiger partial charge in [-0.25, -0.2) is 0 Å². The van der Waals surface area contributed by atoms with Crippen LogP contribution in [0.4, 0.5) is 0 Å². The van der Waals surface area contributed by atoms with Crippen LogP contribution in [0.5, 0.6) is 5.75 Å². The number of allylic oxidation sites excluding steroid dienone is 2. The zero-order valence-corrected chi connectivity index (χ0v) is 12.8. The lowest BCUT2D eigenvalue weighted by molar-refractivity contribution is 0.0765. The zero-order valence-electron chi connectivity index (χ0n) is 12.8. The summed E-state index contributed by atoms with van der Waals surface area (Å²) in [4.78, 5) is 0. The first kappa shape index (κ1) is 13.5. The number of aliphatic hydroxyl groups excluding tert-OH is 1. The van der Waals surface area contributed by atoms with Crippen LogP contribution >= 0.6 is 0 Å². The molecular formula is C18H24O2. The van der Waals surface area contributed by atoms with E-state index in [1.165, 1.54) is 17.5 Å². The molecule has 0 heterocycles. The molecule has 2 aliphatic rings. The number of benzene rings is 1. The molecule has 3 rings (SSSR count). The van der Waals surface area contributed by atoms with Crippen molar-refractivity contribution in [3.8, 4) is 5.75 Å². The Labute approximate surface area is 121 Å². The Kier molecular flexibility index (Phi) is 3.07. The Morgan fingerprint density at radius 3 is 2.75 bits per heavy atom. The molecule has 2 heteroatoms. The van der Waals surface area contributed by atoms with Crippen LogP contribution < -0.4 is 4.74 Å². The van der Waals surface area contributed by atoms with Crippen LogP contribution in [-0.2, 0) is 6.42 Å². The Balaban J connectivity index is 2.11. The summed E-state index contributed by atoms with van der Waals surface area (Å²) in [6.07, 6.45) is 4.37. The summed E-state index contributed by atoms with van der Waals surface area (Å²) in [5, 5.41) is 10.3. The molecule has 0 radical (unpaired) electrons. The van der Waals surface area contributed by atoms with Crippen LogP contribution in [0.15, 0.2) is 30.0 Å².